The molecular formula is C18H20ClNO2. The fourth-order valence-corrected chi connectivity index (χ4v) is 3.59. The van der Waals surface area contributed by atoms with Crippen molar-refractivity contribution in [3.8, 4) is 5.75 Å². The number of carbonyl (C=O) groups is 1. The maximum Gasteiger partial charge on any atom is 0.170 e. The van der Waals surface area contributed by atoms with E-state index in [1.807, 2.05) is 36.4 Å². The Morgan fingerprint density at radius 2 is 2.00 bits per heavy atom. The van der Waals surface area contributed by atoms with Gasteiger partial charge in [0, 0.05) is 18.9 Å². The molecule has 116 valence electrons. The molecule has 0 bridgehead atoms. The van der Waals surface area contributed by atoms with Gasteiger partial charge < -0.3 is 10.1 Å². The van der Waals surface area contributed by atoms with E-state index in [0.29, 0.717) is 12.3 Å². The maximum atomic E-state index is 12.7. The summed E-state index contributed by atoms with van der Waals surface area (Å²) in [5.41, 5.74) is 0.771. The van der Waals surface area contributed by atoms with Crippen molar-refractivity contribution in [3.05, 3.63) is 42.0 Å². The first kappa shape index (κ1) is 15.3. The van der Waals surface area contributed by atoms with E-state index < -0.39 is 0 Å². The number of benzene rings is 2. The fourth-order valence-electron chi connectivity index (χ4n) is 3.59. The number of carbonyl (C=O) groups excluding carboxylic acids is 1. The number of fused-ring (bicyclic) bond motifs is 3. The Balaban J connectivity index is 0.00000144. The van der Waals surface area contributed by atoms with Gasteiger partial charge in [-0.2, -0.15) is 0 Å². The molecule has 1 saturated heterocycles. The number of rotatable bonds is 1. The van der Waals surface area contributed by atoms with Crippen LogP contribution in [0, 0.1) is 5.92 Å². The van der Waals surface area contributed by atoms with E-state index in [-0.39, 0.29) is 24.3 Å². The van der Waals surface area contributed by atoms with Gasteiger partial charge >= 0.3 is 0 Å². The number of hydrogen-bond donors (Lipinski definition) is 1. The number of hydrogen-bond acceptors (Lipinski definition) is 3. The van der Waals surface area contributed by atoms with Gasteiger partial charge in [-0.3, -0.25) is 4.79 Å². The zero-order valence-corrected chi connectivity index (χ0v) is 13.2. The summed E-state index contributed by atoms with van der Waals surface area (Å²) < 4.78 is 6.19. The van der Waals surface area contributed by atoms with E-state index in [2.05, 4.69) is 5.32 Å². The van der Waals surface area contributed by atoms with Crippen LogP contribution < -0.4 is 10.1 Å². The maximum absolute atomic E-state index is 12.7. The summed E-state index contributed by atoms with van der Waals surface area (Å²) in [4.78, 5) is 12.7. The number of ether oxygens (including phenoxy) is 1. The monoisotopic (exact) mass is 317 g/mol. The SMILES string of the molecule is Cl.O=C1CC(C2CCCNC2)Oc2ccc3ccccc3c21. The molecule has 0 radical (unpaired) electrons. The molecule has 3 nitrogen and oxygen atoms in total. The first-order valence-corrected chi connectivity index (χ1v) is 7.75. The van der Waals surface area contributed by atoms with Gasteiger partial charge in [0.1, 0.15) is 11.9 Å². The van der Waals surface area contributed by atoms with Crippen LogP contribution in [0.25, 0.3) is 10.8 Å². The number of piperidine rings is 1. The molecule has 1 fully saturated rings. The van der Waals surface area contributed by atoms with E-state index in [9.17, 15) is 4.79 Å². The fraction of sp³-hybridized carbons (Fsp3) is 0.389. The molecule has 2 aromatic carbocycles. The number of nitrogens with one attached hydrogen (secondary N) is 1. The quantitative estimate of drug-likeness (QED) is 0.873. The van der Waals surface area contributed by atoms with Crippen LogP contribution in [0.15, 0.2) is 36.4 Å². The second-order valence-corrected chi connectivity index (χ2v) is 6.05. The minimum atomic E-state index is 0. The molecule has 2 aliphatic rings. The zero-order valence-electron chi connectivity index (χ0n) is 12.4. The Labute approximate surface area is 136 Å². The second-order valence-electron chi connectivity index (χ2n) is 6.05. The molecule has 0 amide bonds. The van der Waals surface area contributed by atoms with Crippen LogP contribution >= 0.6 is 12.4 Å². The first-order chi connectivity index (χ1) is 10.3. The van der Waals surface area contributed by atoms with Crippen molar-refractivity contribution in [1.82, 2.24) is 5.32 Å². The number of Topliss-reactive ketones (excluding diaryl/α,β-unsaturated/α-hetero) is 1. The Morgan fingerprint density at radius 1 is 1.14 bits per heavy atom. The Hall–Kier alpha value is -1.58. The van der Waals surface area contributed by atoms with Gasteiger partial charge in [0.05, 0.1) is 5.56 Å². The first-order valence-electron chi connectivity index (χ1n) is 7.75. The van der Waals surface area contributed by atoms with Gasteiger partial charge in [0.25, 0.3) is 0 Å². The summed E-state index contributed by atoms with van der Waals surface area (Å²) in [6.07, 6.45) is 2.85. The molecule has 0 aliphatic carbocycles. The van der Waals surface area contributed by atoms with Gasteiger partial charge in [0.15, 0.2) is 5.78 Å². The normalized spacial score (nSPS) is 24.3. The van der Waals surface area contributed by atoms with E-state index in [0.717, 1.165) is 41.6 Å². The molecule has 4 heteroatoms. The molecule has 0 aromatic heterocycles. The standard InChI is InChI=1S/C18H19NO2.ClH/c20-15-10-17(13-5-3-9-19-11-13)21-16-8-7-12-4-1-2-6-14(12)18(15)16;/h1-2,4,6-8,13,17,19H,3,5,9-11H2;1H. The van der Waals surface area contributed by atoms with E-state index >= 15 is 0 Å². The third kappa shape index (κ3) is 2.59. The molecule has 1 N–H and O–H groups in total. The van der Waals surface area contributed by atoms with Crippen LogP contribution in [0.1, 0.15) is 29.6 Å². The molecule has 22 heavy (non-hydrogen) atoms. The van der Waals surface area contributed by atoms with Crippen molar-refractivity contribution >= 4 is 29.0 Å². The molecular weight excluding hydrogens is 298 g/mol. The average Bonchev–Trinajstić information content (AvgIpc) is 2.55. The largest absolute Gasteiger partial charge is 0.489 e. The minimum absolute atomic E-state index is 0. The van der Waals surface area contributed by atoms with Crippen molar-refractivity contribution in [3.63, 3.8) is 0 Å². The molecule has 0 saturated carbocycles. The minimum Gasteiger partial charge on any atom is -0.489 e. The highest BCUT2D eigenvalue weighted by Crippen LogP contribution is 2.36. The molecule has 2 aromatic rings. The zero-order chi connectivity index (χ0) is 14.2. The van der Waals surface area contributed by atoms with Crippen LogP contribution in [-0.2, 0) is 0 Å². The second kappa shape index (κ2) is 6.27. The van der Waals surface area contributed by atoms with Crippen LogP contribution in [0.5, 0.6) is 5.75 Å². The van der Waals surface area contributed by atoms with Crippen molar-refractivity contribution in [2.75, 3.05) is 13.1 Å². The Kier molecular flexibility index (Phi) is 4.37. The molecule has 2 aliphatic heterocycles. The number of halogens is 1. The van der Waals surface area contributed by atoms with E-state index in [1.54, 1.807) is 0 Å². The van der Waals surface area contributed by atoms with Gasteiger partial charge in [-0.15, -0.1) is 12.4 Å². The summed E-state index contributed by atoms with van der Waals surface area (Å²) in [5, 5.41) is 5.53. The third-order valence-electron chi connectivity index (χ3n) is 4.70. The summed E-state index contributed by atoms with van der Waals surface area (Å²) in [5.74, 6) is 1.44. The van der Waals surface area contributed by atoms with Crippen molar-refractivity contribution in [1.29, 1.82) is 0 Å². The third-order valence-corrected chi connectivity index (χ3v) is 4.70. The molecule has 0 spiro atoms. The van der Waals surface area contributed by atoms with Crippen LogP contribution in [0.2, 0.25) is 0 Å². The van der Waals surface area contributed by atoms with Crippen molar-refractivity contribution in [2.24, 2.45) is 5.92 Å². The van der Waals surface area contributed by atoms with Gasteiger partial charge in [0.2, 0.25) is 0 Å². The summed E-state index contributed by atoms with van der Waals surface area (Å²) in [6.45, 7) is 2.04. The summed E-state index contributed by atoms with van der Waals surface area (Å²) in [7, 11) is 0. The molecule has 2 atom stereocenters. The Bertz CT molecular complexity index is 695. The Morgan fingerprint density at radius 3 is 2.82 bits per heavy atom. The highest BCUT2D eigenvalue weighted by Gasteiger charge is 2.33. The lowest BCUT2D eigenvalue weighted by Gasteiger charge is -2.34. The van der Waals surface area contributed by atoms with Crippen molar-refractivity contribution in [2.45, 2.75) is 25.4 Å². The molecule has 2 unspecified atom stereocenters. The average molecular weight is 318 g/mol. The van der Waals surface area contributed by atoms with Gasteiger partial charge in [-0.25, -0.2) is 0 Å². The molecule has 2 heterocycles. The van der Waals surface area contributed by atoms with Crippen molar-refractivity contribution < 1.29 is 9.53 Å². The topological polar surface area (TPSA) is 38.3 Å². The summed E-state index contributed by atoms with van der Waals surface area (Å²) >= 11 is 0. The lowest BCUT2D eigenvalue weighted by atomic mass is 9.86. The predicted octanol–water partition coefficient (Wildman–Crippen LogP) is 3.60. The summed E-state index contributed by atoms with van der Waals surface area (Å²) in [6, 6.07) is 12.0. The van der Waals surface area contributed by atoms with Crippen LogP contribution in [0.3, 0.4) is 0 Å². The van der Waals surface area contributed by atoms with Gasteiger partial charge in [-0.1, -0.05) is 30.3 Å². The highest BCUT2D eigenvalue weighted by atomic mass is 35.5. The van der Waals surface area contributed by atoms with Gasteiger partial charge in [-0.05, 0) is 36.2 Å². The predicted molar refractivity (Wildman–Crippen MR) is 90.2 cm³/mol. The van der Waals surface area contributed by atoms with Crippen LogP contribution in [-0.4, -0.2) is 25.0 Å². The van der Waals surface area contributed by atoms with Crippen LogP contribution in [0.4, 0.5) is 0 Å². The van der Waals surface area contributed by atoms with E-state index in [1.165, 1.54) is 6.42 Å². The lowest BCUT2D eigenvalue weighted by molar-refractivity contribution is 0.0687. The molecule has 4 rings (SSSR count). The highest BCUT2D eigenvalue weighted by molar-refractivity contribution is 6.11. The lowest BCUT2D eigenvalue weighted by Crippen LogP contribution is -2.42. The smallest absolute Gasteiger partial charge is 0.170 e. The van der Waals surface area contributed by atoms with E-state index in [4.69, 9.17) is 4.74 Å². The number of ketones is 1.